The summed E-state index contributed by atoms with van der Waals surface area (Å²) < 4.78 is 0. The minimum absolute atomic E-state index is 0.139. The number of aliphatic hydroxyl groups is 1. The maximum atomic E-state index is 12.9. The highest BCUT2D eigenvalue weighted by Gasteiger charge is 2.52. The van der Waals surface area contributed by atoms with Crippen molar-refractivity contribution in [3.05, 3.63) is 39.6 Å². The number of aryl methyl sites for hydroxylation is 2. The first-order valence-electron chi connectivity index (χ1n) is 8.10. The molecule has 1 saturated heterocycles. The van der Waals surface area contributed by atoms with Gasteiger partial charge in [-0.1, -0.05) is 17.7 Å². The lowest BCUT2D eigenvalue weighted by Crippen LogP contribution is -2.53. The fourth-order valence-corrected chi connectivity index (χ4v) is 4.34. The van der Waals surface area contributed by atoms with E-state index >= 15 is 0 Å². The molecule has 2 heterocycles. The number of hydrogen-bond donors (Lipinski definition) is 1. The highest BCUT2D eigenvalue weighted by Crippen LogP contribution is 2.46. The number of halogens is 1. The second kappa shape index (κ2) is 6.06. The van der Waals surface area contributed by atoms with Crippen LogP contribution in [0.2, 0.25) is 5.02 Å². The number of hydrogen-bond acceptors (Lipinski definition) is 4. The van der Waals surface area contributed by atoms with Gasteiger partial charge in [0.1, 0.15) is 11.3 Å². The second-order valence-corrected chi connectivity index (χ2v) is 7.08. The van der Waals surface area contributed by atoms with Gasteiger partial charge in [0.25, 0.3) is 5.91 Å². The Morgan fingerprint density at radius 3 is 2.42 bits per heavy atom. The second-order valence-electron chi connectivity index (χ2n) is 6.67. The fourth-order valence-electron chi connectivity index (χ4n) is 3.92. The van der Waals surface area contributed by atoms with Gasteiger partial charge in [-0.25, -0.2) is 0 Å². The molecule has 0 saturated carbocycles. The van der Waals surface area contributed by atoms with Crippen LogP contribution in [-0.4, -0.2) is 53.8 Å². The van der Waals surface area contributed by atoms with Crippen molar-refractivity contribution in [1.29, 1.82) is 0 Å². The van der Waals surface area contributed by atoms with E-state index in [1.165, 1.54) is 0 Å². The summed E-state index contributed by atoms with van der Waals surface area (Å²) in [7, 11) is 3.39. The third-order valence-electron chi connectivity index (χ3n) is 5.33. The molecule has 5 nitrogen and oxygen atoms in total. The van der Waals surface area contributed by atoms with E-state index in [2.05, 4.69) is 0 Å². The van der Waals surface area contributed by atoms with E-state index in [0.29, 0.717) is 42.1 Å². The molecule has 3 rings (SSSR count). The molecular formula is C18H23ClN2O3. The number of carbonyl (C=O) groups excluding carboxylic acids is 1. The van der Waals surface area contributed by atoms with Crippen molar-refractivity contribution in [3.8, 4) is 0 Å². The van der Waals surface area contributed by atoms with Gasteiger partial charge < -0.3 is 14.8 Å². The summed E-state index contributed by atoms with van der Waals surface area (Å²) in [6.07, 6.45) is 1.25. The van der Waals surface area contributed by atoms with E-state index in [1.54, 1.807) is 19.1 Å². The smallest absolute Gasteiger partial charge is 0.258 e. The SMILES string of the molecule is CON1CCC2(CC1)C(O)=C(c1c(C)cc(C)cc1Cl)C(=O)N2C. The molecule has 1 spiro atoms. The number of nitrogens with zero attached hydrogens (tertiary/aromatic N) is 2. The molecule has 1 amide bonds. The summed E-state index contributed by atoms with van der Waals surface area (Å²) in [6.45, 7) is 5.19. The Labute approximate surface area is 147 Å². The van der Waals surface area contributed by atoms with Gasteiger partial charge in [0.05, 0.1) is 12.7 Å². The average Bonchev–Trinajstić information content (AvgIpc) is 2.71. The lowest BCUT2D eigenvalue weighted by molar-refractivity contribution is -0.162. The van der Waals surface area contributed by atoms with Crippen molar-refractivity contribution >= 4 is 23.1 Å². The molecule has 1 aromatic carbocycles. The van der Waals surface area contributed by atoms with Gasteiger partial charge >= 0.3 is 0 Å². The molecule has 2 aliphatic rings. The predicted octanol–water partition coefficient (Wildman–Crippen LogP) is 3.09. The van der Waals surface area contributed by atoms with Gasteiger partial charge in [0, 0.05) is 30.7 Å². The Kier molecular flexibility index (Phi) is 4.36. The Morgan fingerprint density at radius 1 is 1.25 bits per heavy atom. The number of rotatable bonds is 2. The Morgan fingerprint density at radius 2 is 1.88 bits per heavy atom. The largest absolute Gasteiger partial charge is 0.509 e. The van der Waals surface area contributed by atoms with Crippen LogP contribution in [0.15, 0.2) is 17.9 Å². The number of carbonyl (C=O) groups is 1. The van der Waals surface area contributed by atoms with Crippen LogP contribution in [0.1, 0.15) is 29.5 Å². The van der Waals surface area contributed by atoms with Crippen LogP contribution in [0.5, 0.6) is 0 Å². The molecule has 1 N–H and O–H groups in total. The molecule has 0 aliphatic carbocycles. The summed E-state index contributed by atoms with van der Waals surface area (Å²) >= 11 is 6.42. The number of amides is 1. The van der Waals surface area contributed by atoms with E-state index in [9.17, 15) is 9.90 Å². The summed E-state index contributed by atoms with van der Waals surface area (Å²) in [5.74, 6) is -0.0353. The standard InChI is InChI=1S/C18H23ClN2O3/c1-11-9-12(2)14(13(19)10-11)15-16(22)18(20(3)17(15)23)5-7-21(24-4)8-6-18/h9-10,22H,5-8H2,1-4H3. The van der Waals surface area contributed by atoms with Crippen LogP contribution < -0.4 is 0 Å². The Hall–Kier alpha value is -1.56. The normalized spacial score (nSPS) is 21.2. The lowest BCUT2D eigenvalue weighted by Gasteiger charge is -2.42. The van der Waals surface area contributed by atoms with Gasteiger partial charge in [-0.05, 0) is 43.9 Å². The zero-order valence-electron chi connectivity index (χ0n) is 14.5. The van der Waals surface area contributed by atoms with E-state index < -0.39 is 5.54 Å². The molecule has 2 aliphatic heterocycles. The summed E-state index contributed by atoms with van der Waals surface area (Å²) in [6, 6.07) is 3.81. The van der Waals surface area contributed by atoms with Crippen molar-refractivity contribution in [2.75, 3.05) is 27.2 Å². The molecule has 0 aromatic heterocycles. The maximum Gasteiger partial charge on any atom is 0.258 e. The third-order valence-corrected chi connectivity index (χ3v) is 5.63. The first-order valence-corrected chi connectivity index (χ1v) is 8.47. The van der Waals surface area contributed by atoms with Gasteiger partial charge in [0.15, 0.2) is 0 Å². The van der Waals surface area contributed by atoms with Crippen molar-refractivity contribution in [2.24, 2.45) is 0 Å². The van der Waals surface area contributed by atoms with Crippen LogP contribution in [0.25, 0.3) is 5.57 Å². The zero-order valence-corrected chi connectivity index (χ0v) is 15.3. The minimum atomic E-state index is -0.665. The van der Waals surface area contributed by atoms with Gasteiger partial charge in [-0.3, -0.25) is 4.79 Å². The summed E-state index contributed by atoms with van der Waals surface area (Å²) in [5.41, 5.74) is 2.24. The molecule has 1 aromatic rings. The lowest BCUT2D eigenvalue weighted by atomic mass is 9.85. The molecule has 1 fully saturated rings. The molecular weight excluding hydrogens is 328 g/mol. The molecule has 0 radical (unpaired) electrons. The first-order chi connectivity index (χ1) is 11.3. The van der Waals surface area contributed by atoms with Crippen molar-refractivity contribution < 1.29 is 14.7 Å². The quantitative estimate of drug-likeness (QED) is 0.890. The number of likely N-dealkylation sites (N-methyl/N-ethyl adjacent to an activating group) is 1. The van der Waals surface area contributed by atoms with Crippen molar-refractivity contribution in [2.45, 2.75) is 32.2 Å². The predicted molar refractivity (Wildman–Crippen MR) is 93.8 cm³/mol. The Bertz CT molecular complexity index is 698. The average molecular weight is 351 g/mol. The van der Waals surface area contributed by atoms with Crippen molar-refractivity contribution in [3.63, 3.8) is 0 Å². The topological polar surface area (TPSA) is 53.0 Å². The van der Waals surface area contributed by atoms with Crippen molar-refractivity contribution in [1.82, 2.24) is 9.96 Å². The highest BCUT2D eigenvalue weighted by atomic mass is 35.5. The zero-order chi connectivity index (χ0) is 17.6. The number of hydroxylamine groups is 2. The number of piperidine rings is 1. The van der Waals surface area contributed by atoms with Crippen LogP contribution >= 0.6 is 11.6 Å². The molecule has 0 unspecified atom stereocenters. The molecule has 6 heteroatoms. The van der Waals surface area contributed by atoms with Crippen LogP contribution in [0.3, 0.4) is 0 Å². The monoisotopic (exact) mass is 350 g/mol. The van der Waals surface area contributed by atoms with E-state index in [-0.39, 0.29) is 11.7 Å². The van der Waals surface area contributed by atoms with Gasteiger partial charge in [0.2, 0.25) is 0 Å². The molecule has 24 heavy (non-hydrogen) atoms. The fraction of sp³-hybridized carbons (Fsp3) is 0.500. The van der Waals surface area contributed by atoms with Crippen LogP contribution in [0.4, 0.5) is 0 Å². The summed E-state index contributed by atoms with van der Waals surface area (Å²) in [5, 5.41) is 13.4. The van der Waals surface area contributed by atoms with E-state index in [0.717, 1.165) is 11.1 Å². The number of benzene rings is 1. The maximum absolute atomic E-state index is 12.9. The first kappa shape index (κ1) is 17.3. The Balaban J connectivity index is 2.10. The van der Waals surface area contributed by atoms with Crippen LogP contribution in [-0.2, 0) is 9.63 Å². The van der Waals surface area contributed by atoms with E-state index in [1.807, 2.05) is 31.0 Å². The van der Waals surface area contributed by atoms with E-state index in [4.69, 9.17) is 16.4 Å². The molecule has 0 atom stereocenters. The summed E-state index contributed by atoms with van der Waals surface area (Å²) in [4.78, 5) is 19.9. The van der Waals surface area contributed by atoms with Gasteiger partial charge in [-0.15, -0.1) is 0 Å². The minimum Gasteiger partial charge on any atom is -0.509 e. The molecule has 0 bridgehead atoms. The number of aliphatic hydroxyl groups excluding tert-OH is 1. The highest BCUT2D eigenvalue weighted by molar-refractivity contribution is 6.36. The third kappa shape index (κ3) is 2.42. The van der Waals surface area contributed by atoms with Gasteiger partial charge in [-0.2, -0.15) is 5.06 Å². The molecule has 130 valence electrons. The van der Waals surface area contributed by atoms with Crippen LogP contribution in [0, 0.1) is 13.8 Å².